The average molecular weight is 268 g/mol. The molecule has 0 atom stereocenters. The first kappa shape index (κ1) is 14.1. The lowest BCUT2D eigenvalue weighted by Crippen LogP contribution is -2.31. The molecule has 0 spiro atoms. The van der Waals surface area contributed by atoms with Crippen LogP contribution >= 0.6 is 0 Å². The summed E-state index contributed by atoms with van der Waals surface area (Å²) in [6.07, 6.45) is 0. The largest absolute Gasteiger partial charge is 0.383 e. The van der Waals surface area contributed by atoms with Gasteiger partial charge in [0.25, 0.3) is 5.91 Å². The van der Waals surface area contributed by atoms with E-state index in [2.05, 4.69) is 24.4 Å². The molecule has 0 unspecified atom stereocenters. The molecule has 0 saturated carbocycles. The van der Waals surface area contributed by atoms with Gasteiger partial charge in [0.2, 0.25) is 0 Å². The monoisotopic (exact) mass is 268 g/mol. The lowest BCUT2D eigenvalue weighted by Gasteiger charge is -2.18. The molecule has 2 rings (SSSR count). The first-order valence-electron chi connectivity index (χ1n) is 6.78. The van der Waals surface area contributed by atoms with Crippen LogP contribution in [0.25, 0.3) is 0 Å². The van der Waals surface area contributed by atoms with Crippen molar-refractivity contribution in [3.63, 3.8) is 0 Å². The molecule has 20 heavy (non-hydrogen) atoms. The second-order valence-electron chi connectivity index (χ2n) is 4.89. The summed E-state index contributed by atoms with van der Waals surface area (Å²) < 4.78 is 0. The zero-order valence-electron chi connectivity index (χ0n) is 12.0. The Balaban J connectivity index is 1.83. The van der Waals surface area contributed by atoms with Gasteiger partial charge in [-0.15, -0.1) is 0 Å². The lowest BCUT2D eigenvalue weighted by atomic mass is 10.2. The zero-order valence-corrected chi connectivity index (χ0v) is 12.0. The number of carbonyl (C=O) groups excluding carboxylic acids is 1. The highest BCUT2D eigenvalue weighted by atomic mass is 16.2. The van der Waals surface area contributed by atoms with Gasteiger partial charge in [-0.25, -0.2) is 0 Å². The quantitative estimate of drug-likeness (QED) is 0.903. The normalized spacial score (nSPS) is 10.1. The van der Waals surface area contributed by atoms with Crippen molar-refractivity contribution in [1.29, 1.82) is 0 Å². The van der Waals surface area contributed by atoms with Crippen molar-refractivity contribution in [2.24, 2.45) is 0 Å². The topological polar surface area (TPSA) is 32.3 Å². The van der Waals surface area contributed by atoms with E-state index >= 15 is 0 Å². The van der Waals surface area contributed by atoms with Crippen LogP contribution < -0.4 is 5.32 Å². The molecule has 3 heteroatoms. The predicted molar refractivity (Wildman–Crippen MR) is 83.1 cm³/mol. The molecule has 2 aromatic carbocycles. The summed E-state index contributed by atoms with van der Waals surface area (Å²) in [5, 5.41) is 3.33. The fourth-order valence-electron chi connectivity index (χ4n) is 2.03. The maximum absolute atomic E-state index is 12.1. The van der Waals surface area contributed by atoms with E-state index in [0.717, 1.165) is 17.8 Å². The number of amides is 1. The van der Waals surface area contributed by atoms with Crippen LogP contribution in [0.15, 0.2) is 54.6 Å². The highest BCUT2D eigenvalue weighted by Gasteiger charge is 2.10. The van der Waals surface area contributed by atoms with E-state index in [0.29, 0.717) is 6.54 Å². The molecule has 0 fully saturated rings. The Morgan fingerprint density at radius 1 is 1.10 bits per heavy atom. The molecule has 104 valence electrons. The Labute approximate surface area is 120 Å². The van der Waals surface area contributed by atoms with Gasteiger partial charge in [-0.1, -0.05) is 30.3 Å². The van der Waals surface area contributed by atoms with Gasteiger partial charge in [0, 0.05) is 31.4 Å². The van der Waals surface area contributed by atoms with E-state index in [4.69, 9.17) is 0 Å². The number of nitrogens with one attached hydrogen (secondary N) is 1. The Morgan fingerprint density at radius 2 is 1.85 bits per heavy atom. The van der Waals surface area contributed by atoms with Crippen molar-refractivity contribution in [3.05, 3.63) is 65.7 Å². The fourth-order valence-corrected chi connectivity index (χ4v) is 2.03. The maximum Gasteiger partial charge on any atom is 0.253 e. The molecule has 0 aliphatic rings. The van der Waals surface area contributed by atoms with Crippen molar-refractivity contribution in [2.45, 2.75) is 6.92 Å². The van der Waals surface area contributed by atoms with E-state index in [1.807, 2.05) is 49.5 Å². The molecule has 1 N–H and O–H groups in total. The molecular formula is C17H20N2O. The van der Waals surface area contributed by atoms with Gasteiger partial charge in [-0.05, 0) is 36.8 Å². The summed E-state index contributed by atoms with van der Waals surface area (Å²) in [5.74, 6) is 0.0524. The summed E-state index contributed by atoms with van der Waals surface area (Å²) in [4.78, 5) is 13.9. The third kappa shape index (κ3) is 3.85. The third-order valence-corrected chi connectivity index (χ3v) is 3.16. The number of carbonyl (C=O) groups is 1. The summed E-state index contributed by atoms with van der Waals surface area (Å²) >= 11 is 0. The lowest BCUT2D eigenvalue weighted by molar-refractivity contribution is 0.0800. The number of nitrogens with zero attached hydrogens (tertiary/aromatic N) is 1. The molecule has 0 radical (unpaired) electrons. The molecular weight excluding hydrogens is 248 g/mol. The van der Waals surface area contributed by atoms with E-state index in [1.54, 1.807) is 4.90 Å². The molecule has 2 aromatic rings. The number of hydrogen-bond donors (Lipinski definition) is 1. The SMILES string of the molecule is Cc1cccc(NCCN(C)C(=O)c2ccccc2)c1. The second kappa shape index (κ2) is 6.75. The van der Waals surface area contributed by atoms with E-state index in [1.165, 1.54) is 5.56 Å². The predicted octanol–water partition coefficient (Wildman–Crippen LogP) is 3.18. The van der Waals surface area contributed by atoms with Gasteiger partial charge in [-0.3, -0.25) is 4.79 Å². The van der Waals surface area contributed by atoms with Gasteiger partial charge < -0.3 is 10.2 Å². The van der Waals surface area contributed by atoms with Crippen molar-refractivity contribution in [2.75, 3.05) is 25.5 Å². The van der Waals surface area contributed by atoms with Gasteiger partial charge in [0.15, 0.2) is 0 Å². The number of rotatable bonds is 5. The number of aryl methyl sites for hydroxylation is 1. The number of benzene rings is 2. The fraction of sp³-hybridized carbons (Fsp3) is 0.235. The summed E-state index contributed by atoms with van der Waals surface area (Å²) in [7, 11) is 1.83. The van der Waals surface area contributed by atoms with E-state index in [9.17, 15) is 4.79 Å². The van der Waals surface area contributed by atoms with Gasteiger partial charge >= 0.3 is 0 Å². The molecule has 0 aliphatic heterocycles. The van der Waals surface area contributed by atoms with Crippen LogP contribution in [0.2, 0.25) is 0 Å². The summed E-state index contributed by atoms with van der Waals surface area (Å²) in [5.41, 5.74) is 3.04. The van der Waals surface area contributed by atoms with Crippen LogP contribution in [0.5, 0.6) is 0 Å². The van der Waals surface area contributed by atoms with Crippen LogP contribution in [-0.2, 0) is 0 Å². The summed E-state index contributed by atoms with van der Waals surface area (Å²) in [6, 6.07) is 17.6. The minimum atomic E-state index is 0.0524. The van der Waals surface area contributed by atoms with Crippen LogP contribution in [0.4, 0.5) is 5.69 Å². The Kier molecular flexibility index (Phi) is 4.77. The van der Waals surface area contributed by atoms with Gasteiger partial charge in [0.05, 0.1) is 0 Å². The Bertz CT molecular complexity index is 566. The minimum absolute atomic E-state index is 0.0524. The minimum Gasteiger partial charge on any atom is -0.383 e. The van der Waals surface area contributed by atoms with Crippen LogP contribution in [-0.4, -0.2) is 30.9 Å². The smallest absolute Gasteiger partial charge is 0.253 e. The molecule has 0 aromatic heterocycles. The average Bonchev–Trinajstić information content (AvgIpc) is 2.47. The zero-order chi connectivity index (χ0) is 14.4. The molecule has 1 amide bonds. The second-order valence-corrected chi connectivity index (χ2v) is 4.89. The first-order chi connectivity index (χ1) is 9.66. The van der Waals surface area contributed by atoms with Gasteiger partial charge in [0.1, 0.15) is 0 Å². The van der Waals surface area contributed by atoms with Crippen LogP contribution in [0.3, 0.4) is 0 Å². The summed E-state index contributed by atoms with van der Waals surface area (Å²) in [6.45, 7) is 3.47. The molecule has 3 nitrogen and oxygen atoms in total. The van der Waals surface area contributed by atoms with Crippen molar-refractivity contribution >= 4 is 11.6 Å². The maximum atomic E-state index is 12.1. The Morgan fingerprint density at radius 3 is 2.55 bits per heavy atom. The third-order valence-electron chi connectivity index (χ3n) is 3.16. The van der Waals surface area contributed by atoms with Crippen molar-refractivity contribution in [3.8, 4) is 0 Å². The van der Waals surface area contributed by atoms with Crippen molar-refractivity contribution < 1.29 is 4.79 Å². The molecule has 0 aliphatic carbocycles. The Hall–Kier alpha value is -2.29. The van der Waals surface area contributed by atoms with Crippen LogP contribution in [0, 0.1) is 6.92 Å². The molecule has 0 heterocycles. The number of hydrogen-bond acceptors (Lipinski definition) is 2. The van der Waals surface area contributed by atoms with E-state index < -0.39 is 0 Å². The van der Waals surface area contributed by atoms with E-state index in [-0.39, 0.29) is 5.91 Å². The highest BCUT2D eigenvalue weighted by Crippen LogP contribution is 2.09. The molecule has 0 bridgehead atoms. The highest BCUT2D eigenvalue weighted by molar-refractivity contribution is 5.93. The number of anilines is 1. The van der Waals surface area contributed by atoms with Gasteiger partial charge in [-0.2, -0.15) is 0 Å². The molecule has 0 saturated heterocycles. The first-order valence-corrected chi connectivity index (χ1v) is 6.78. The van der Waals surface area contributed by atoms with Crippen molar-refractivity contribution in [1.82, 2.24) is 4.90 Å². The van der Waals surface area contributed by atoms with Crippen LogP contribution in [0.1, 0.15) is 15.9 Å². The standard InChI is InChI=1S/C17H20N2O/c1-14-7-6-10-16(13-14)18-11-12-19(2)17(20)15-8-4-3-5-9-15/h3-10,13,18H,11-12H2,1-2H3. The number of likely N-dealkylation sites (N-methyl/N-ethyl adjacent to an activating group) is 1.